The van der Waals surface area contributed by atoms with Crippen LogP contribution in [0.2, 0.25) is 0 Å². The van der Waals surface area contributed by atoms with Gasteiger partial charge in [-0.1, -0.05) is 0 Å². The molecule has 80 valence electrons. The Balaban J connectivity index is 1.90. The molecule has 0 bridgehead atoms. The van der Waals surface area contributed by atoms with Gasteiger partial charge in [-0.15, -0.1) is 0 Å². The van der Waals surface area contributed by atoms with Crippen molar-refractivity contribution in [3.63, 3.8) is 0 Å². The summed E-state index contributed by atoms with van der Waals surface area (Å²) in [6.45, 7) is 1.54. The monoisotopic (exact) mass is 204 g/mol. The van der Waals surface area contributed by atoms with Crippen LogP contribution in [-0.2, 0) is 9.47 Å². The Hall–Kier alpha value is -0.600. The first-order valence-electron chi connectivity index (χ1n) is 6.15. The molecular weight excluding hydrogens is 188 g/mol. The van der Waals surface area contributed by atoms with Gasteiger partial charge < -0.3 is 9.47 Å². The van der Waals surface area contributed by atoms with E-state index in [1.54, 1.807) is 11.1 Å². The number of fused-ring (bicyclic) bond motifs is 3. The van der Waals surface area contributed by atoms with E-state index in [0.717, 1.165) is 13.2 Å². The molecule has 0 unspecified atom stereocenters. The summed E-state index contributed by atoms with van der Waals surface area (Å²) in [4.78, 5) is 0. The fourth-order valence-electron chi connectivity index (χ4n) is 3.82. The van der Waals surface area contributed by atoms with E-state index in [2.05, 4.69) is 0 Å². The maximum Gasteiger partial charge on any atom is 0.215 e. The maximum atomic E-state index is 5.99. The molecule has 0 atom stereocenters. The van der Waals surface area contributed by atoms with Gasteiger partial charge in [0, 0.05) is 0 Å². The molecule has 0 radical (unpaired) electrons. The Labute approximate surface area is 89.9 Å². The minimum Gasteiger partial charge on any atom is -0.340 e. The van der Waals surface area contributed by atoms with Gasteiger partial charge in [-0.05, 0) is 60.8 Å². The van der Waals surface area contributed by atoms with Gasteiger partial charge in [0.15, 0.2) is 0 Å². The van der Waals surface area contributed by atoms with Gasteiger partial charge in [0.1, 0.15) is 0 Å². The van der Waals surface area contributed by atoms with Crippen molar-refractivity contribution in [1.82, 2.24) is 0 Å². The van der Waals surface area contributed by atoms with E-state index in [4.69, 9.17) is 9.47 Å². The van der Waals surface area contributed by atoms with Crippen molar-refractivity contribution in [2.24, 2.45) is 0 Å². The van der Waals surface area contributed by atoms with Crippen LogP contribution < -0.4 is 0 Å². The van der Waals surface area contributed by atoms with Gasteiger partial charge in [-0.25, -0.2) is 0 Å². The summed E-state index contributed by atoms with van der Waals surface area (Å²) in [7, 11) is 0. The van der Waals surface area contributed by atoms with Crippen molar-refractivity contribution in [2.75, 3.05) is 13.2 Å². The summed E-state index contributed by atoms with van der Waals surface area (Å²) in [5.41, 5.74) is 6.21. The fraction of sp³-hybridized carbons (Fsp3) is 0.692. The molecule has 0 aromatic rings. The van der Waals surface area contributed by atoms with E-state index < -0.39 is 0 Å². The molecule has 0 aromatic carbocycles. The van der Waals surface area contributed by atoms with Crippen LogP contribution in [0, 0.1) is 0 Å². The highest BCUT2D eigenvalue weighted by molar-refractivity contribution is 5.57. The average Bonchev–Trinajstić information content (AvgIpc) is 3.00. The van der Waals surface area contributed by atoms with E-state index >= 15 is 0 Å². The van der Waals surface area contributed by atoms with E-state index in [1.807, 2.05) is 0 Å². The standard InChI is InChI=1S/C13H16O2/c1-3-9-10-4-2-6-12(10)13(11(9)5-1)14-7-8-15-13/h1-8H2. The number of ether oxygens (including phenoxy) is 2. The summed E-state index contributed by atoms with van der Waals surface area (Å²) in [5, 5.41) is 0. The van der Waals surface area contributed by atoms with Gasteiger partial charge in [0.2, 0.25) is 5.79 Å². The molecule has 4 aliphatic rings. The molecule has 1 heterocycles. The van der Waals surface area contributed by atoms with E-state index in [-0.39, 0.29) is 5.79 Å². The SMILES string of the molecule is C1CC2=C(C1)C1(OCCO1)C1=C2CCC1. The van der Waals surface area contributed by atoms with E-state index in [1.165, 1.54) is 49.7 Å². The zero-order valence-electron chi connectivity index (χ0n) is 8.97. The topological polar surface area (TPSA) is 18.5 Å². The summed E-state index contributed by atoms with van der Waals surface area (Å²) < 4.78 is 12.0. The highest BCUT2D eigenvalue weighted by Crippen LogP contribution is 2.57. The predicted octanol–water partition coefficient (Wildman–Crippen LogP) is 2.70. The van der Waals surface area contributed by atoms with Gasteiger partial charge >= 0.3 is 0 Å². The van der Waals surface area contributed by atoms with Crippen molar-refractivity contribution in [3.8, 4) is 0 Å². The van der Waals surface area contributed by atoms with Gasteiger partial charge in [0.05, 0.1) is 13.2 Å². The number of rotatable bonds is 0. The summed E-state index contributed by atoms with van der Waals surface area (Å²) in [5.74, 6) is -0.350. The zero-order valence-corrected chi connectivity index (χ0v) is 8.97. The normalized spacial score (nSPS) is 32.0. The Bertz CT molecular complexity index is 351. The third-order valence-electron chi connectivity index (χ3n) is 4.29. The van der Waals surface area contributed by atoms with Crippen molar-refractivity contribution >= 4 is 0 Å². The van der Waals surface area contributed by atoms with Crippen LogP contribution in [0.3, 0.4) is 0 Å². The molecule has 2 heteroatoms. The lowest BCUT2D eigenvalue weighted by atomic mass is 9.99. The summed E-state index contributed by atoms with van der Waals surface area (Å²) in [6, 6.07) is 0. The van der Waals surface area contributed by atoms with Crippen molar-refractivity contribution in [1.29, 1.82) is 0 Å². The minimum absolute atomic E-state index is 0.350. The molecule has 15 heavy (non-hydrogen) atoms. The lowest BCUT2D eigenvalue weighted by Crippen LogP contribution is -2.32. The first-order chi connectivity index (χ1) is 7.42. The van der Waals surface area contributed by atoms with Crippen LogP contribution in [0.15, 0.2) is 22.3 Å². The Morgan fingerprint density at radius 1 is 0.733 bits per heavy atom. The number of hydrogen-bond acceptors (Lipinski definition) is 2. The molecule has 2 nitrogen and oxygen atoms in total. The quantitative estimate of drug-likeness (QED) is 0.604. The van der Waals surface area contributed by atoms with Crippen LogP contribution in [0.4, 0.5) is 0 Å². The zero-order chi connectivity index (χ0) is 9.88. The lowest BCUT2D eigenvalue weighted by molar-refractivity contribution is -0.0949. The van der Waals surface area contributed by atoms with Crippen molar-refractivity contribution in [3.05, 3.63) is 22.3 Å². The molecule has 1 fully saturated rings. The minimum atomic E-state index is -0.350. The van der Waals surface area contributed by atoms with Crippen LogP contribution in [0.1, 0.15) is 38.5 Å². The smallest absolute Gasteiger partial charge is 0.215 e. The number of allylic oxidation sites excluding steroid dienone is 2. The number of hydrogen-bond donors (Lipinski definition) is 0. The molecule has 3 aliphatic carbocycles. The van der Waals surface area contributed by atoms with E-state index in [9.17, 15) is 0 Å². The molecule has 0 aromatic heterocycles. The molecule has 0 amide bonds. The molecule has 1 spiro atoms. The van der Waals surface area contributed by atoms with Gasteiger partial charge in [-0.3, -0.25) is 0 Å². The molecular formula is C13H16O2. The van der Waals surface area contributed by atoms with Crippen LogP contribution in [0.25, 0.3) is 0 Å². The Kier molecular flexibility index (Phi) is 1.56. The summed E-state index contributed by atoms with van der Waals surface area (Å²) >= 11 is 0. The second-order valence-corrected chi connectivity index (χ2v) is 4.93. The summed E-state index contributed by atoms with van der Waals surface area (Å²) in [6.07, 6.45) is 7.53. The van der Waals surface area contributed by atoms with Gasteiger partial charge in [0.25, 0.3) is 0 Å². The Morgan fingerprint density at radius 3 is 1.80 bits per heavy atom. The third kappa shape index (κ3) is 0.883. The lowest BCUT2D eigenvalue weighted by Gasteiger charge is -2.28. The highest BCUT2D eigenvalue weighted by atomic mass is 16.7. The second-order valence-electron chi connectivity index (χ2n) is 4.93. The fourth-order valence-corrected chi connectivity index (χ4v) is 3.82. The molecule has 1 saturated heterocycles. The van der Waals surface area contributed by atoms with Crippen molar-refractivity contribution in [2.45, 2.75) is 44.3 Å². The highest BCUT2D eigenvalue weighted by Gasteiger charge is 2.53. The molecule has 0 N–H and O–H groups in total. The molecule has 4 rings (SSSR count). The first-order valence-corrected chi connectivity index (χ1v) is 6.15. The Morgan fingerprint density at radius 2 is 1.27 bits per heavy atom. The van der Waals surface area contributed by atoms with Crippen molar-refractivity contribution < 1.29 is 9.47 Å². The average molecular weight is 204 g/mol. The van der Waals surface area contributed by atoms with E-state index in [0.29, 0.717) is 0 Å². The van der Waals surface area contributed by atoms with Crippen LogP contribution >= 0.6 is 0 Å². The molecule has 0 saturated carbocycles. The molecule has 1 aliphatic heterocycles. The third-order valence-corrected chi connectivity index (χ3v) is 4.29. The second kappa shape index (κ2) is 2.74. The predicted molar refractivity (Wildman–Crippen MR) is 56.4 cm³/mol. The van der Waals surface area contributed by atoms with Crippen LogP contribution in [0.5, 0.6) is 0 Å². The maximum absolute atomic E-state index is 5.99. The van der Waals surface area contributed by atoms with Gasteiger partial charge in [-0.2, -0.15) is 0 Å². The van der Waals surface area contributed by atoms with Crippen LogP contribution in [-0.4, -0.2) is 19.0 Å². The first kappa shape index (κ1) is 8.54. The largest absolute Gasteiger partial charge is 0.340 e.